The molecule has 0 saturated carbocycles. The third kappa shape index (κ3) is 5.54. The Morgan fingerprint density at radius 3 is 2.30 bits per heavy atom. The number of carbonyl (C=O) groups excluding carboxylic acids is 2. The Kier molecular flexibility index (Phi) is 6.41. The second-order valence-electron chi connectivity index (χ2n) is 6.53. The number of carbonyl (C=O) groups is 2. The van der Waals surface area contributed by atoms with E-state index in [1.807, 2.05) is 18.2 Å². The van der Waals surface area contributed by atoms with Crippen molar-refractivity contribution >= 4 is 12.0 Å². The molecule has 6 heteroatoms. The monoisotopic (exact) mass is 370 g/mol. The van der Waals surface area contributed by atoms with Gasteiger partial charge in [0.25, 0.3) is 0 Å². The third-order valence-electron chi connectivity index (χ3n) is 4.60. The summed E-state index contributed by atoms with van der Waals surface area (Å²) < 4.78 is 18.3. The summed E-state index contributed by atoms with van der Waals surface area (Å²) in [5.41, 5.74) is 0.938. The van der Waals surface area contributed by atoms with E-state index in [1.165, 1.54) is 12.1 Å². The van der Waals surface area contributed by atoms with Crippen LogP contribution in [0.15, 0.2) is 54.6 Å². The zero-order valence-corrected chi connectivity index (χ0v) is 15.1. The van der Waals surface area contributed by atoms with E-state index in [9.17, 15) is 14.0 Å². The molecule has 0 atom stereocenters. The molecule has 1 heterocycles. The molecule has 0 aromatic heterocycles. The van der Waals surface area contributed by atoms with Crippen molar-refractivity contribution in [3.05, 3.63) is 66.0 Å². The number of amides is 2. The van der Waals surface area contributed by atoms with Crippen molar-refractivity contribution in [3.63, 3.8) is 0 Å². The lowest BCUT2D eigenvalue weighted by molar-refractivity contribution is -0.131. The van der Waals surface area contributed by atoms with Crippen molar-refractivity contribution in [2.45, 2.75) is 19.3 Å². The van der Waals surface area contributed by atoms with Crippen molar-refractivity contribution in [1.29, 1.82) is 0 Å². The van der Waals surface area contributed by atoms with Crippen LogP contribution in [0.1, 0.15) is 18.4 Å². The first-order valence-electron chi connectivity index (χ1n) is 9.16. The van der Waals surface area contributed by atoms with Crippen LogP contribution in [-0.2, 0) is 11.2 Å². The maximum absolute atomic E-state index is 12.9. The van der Waals surface area contributed by atoms with Crippen molar-refractivity contribution < 1.29 is 18.7 Å². The summed E-state index contributed by atoms with van der Waals surface area (Å²) in [5, 5.41) is 0. The van der Waals surface area contributed by atoms with Gasteiger partial charge in [0.2, 0.25) is 5.91 Å². The Labute approximate surface area is 158 Å². The molecular formula is C21H23FN2O3. The molecule has 1 saturated heterocycles. The SMILES string of the molecule is O=C(CCc1ccc(F)cc1)N1CCCN(C(=O)Oc2ccccc2)CC1. The van der Waals surface area contributed by atoms with E-state index in [2.05, 4.69) is 0 Å². The molecule has 1 aliphatic heterocycles. The van der Waals surface area contributed by atoms with Crippen molar-refractivity contribution in [2.24, 2.45) is 0 Å². The van der Waals surface area contributed by atoms with Crippen LogP contribution < -0.4 is 4.74 Å². The van der Waals surface area contributed by atoms with E-state index < -0.39 is 0 Å². The fourth-order valence-electron chi connectivity index (χ4n) is 3.06. The Balaban J connectivity index is 1.47. The number of hydrogen-bond donors (Lipinski definition) is 0. The number of ether oxygens (including phenoxy) is 1. The number of benzene rings is 2. The molecule has 2 aromatic rings. The number of rotatable bonds is 4. The molecule has 0 radical (unpaired) electrons. The summed E-state index contributed by atoms with van der Waals surface area (Å²) in [6.45, 7) is 2.13. The first-order valence-corrected chi connectivity index (χ1v) is 9.16. The van der Waals surface area contributed by atoms with Crippen LogP contribution in [0.4, 0.5) is 9.18 Å². The lowest BCUT2D eigenvalue weighted by atomic mass is 10.1. The highest BCUT2D eigenvalue weighted by atomic mass is 19.1. The predicted molar refractivity (Wildman–Crippen MR) is 100.0 cm³/mol. The highest BCUT2D eigenvalue weighted by Crippen LogP contribution is 2.13. The van der Waals surface area contributed by atoms with Crippen LogP contribution in [0.25, 0.3) is 0 Å². The normalized spacial score (nSPS) is 14.6. The molecule has 1 fully saturated rings. The number of aryl methyl sites for hydroxylation is 1. The Bertz CT molecular complexity index is 765. The fourth-order valence-corrected chi connectivity index (χ4v) is 3.06. The van der Waals surface area contributed by atoms with Gasteiger partial charge in [-0.25, -0.2) is 9.18 Å². The zero-order valence-electron chi connectivity index (χ0n) is 15.1. The van der Waals surface area contributed by atoms with Crippen molar-refractivity contribution in [1.82, 2.24) is 9.80 Å². The molecular weight excluding hydrogens is 347 g/mol. The first kappa shape index (κ1) is 18.9. The largest absolute Gasteiger partial charge is 0.415 e. The Hall–Kier alpha value is -2.89. The van der Waals surface area contributed by atoms with Crippen LogP contribution >= 0.6 is 0 Å². The maximum Gasteiger partial charge on any atom is 0.415 e. The van der Waals surface area contributed by atoms with Crippen LogP contribution in [0.2, 0.25) is 0 Å². The van der Waals surface area contributed by atoms with Gasteiger partial charge in [0.1, 0.15) is 11.6 Å². The van der Waals surface area contributed by atoms with Crippen LogP contribution in [0.3, 0.4) is 0 Å². The second-order valence-corrected chi connectivity index (χ2v) is 6.53. The number of nitrogens with zero attached hydrogens (tertiary/aromatic N) is 2. The summed E-state index contributed by atoms with van der Waals surface area (Å²) >= 11 is 0. The van der Waals surface area contributed by atoms with Crippen molar-refractivity contribution in [2.75, 3.05) is 26.2 Å². The molecule has 3 rings (SSSR count). The summed E-state index contributed by atoms with van der Waals surface area (Å²) in [6, 6.07) is 15.2. The maximum atomic E-state index is 12.9. The van der Waals surface area contributed by atoms with E-state index in [4.69, 9.17) is 4.74 Å². The highest BCUT2D eigenvalue weighted by Gasteiger charge is 2.23. The molecule has 0 unspecified atom stereocenters. The summed E-state index contributed by atoms with van der Waals surface area (Å²) in [5.74, 6) is 0.289. The van der Waals surface area contributed by atoms with Gasteiger partial charge in [-0.15, -0.1) is 0 Å². The molecule has 0 aliphatic carbocycles. The first-order chi connectivity index (χ1) is 13.1. The van der Waals surface area contributed by atoms with Crippen LogP contribution in [-0.4, -0.2) is 48.0 Å². The smallest absolute Gasteiger partial charge is 0.410 e. The molecule has 5 nitrogen and oxygen atoms in total. The van der Waals surface area contributed by atoms with Gasteiger partial charge in [-0.1, -0.05) is 30.3 Å². The minimum absolute atomic E-state index is 0.0533. The van der Waals surface area contributed by atoms with Crippen molar-refractivity contribution in [3.8, 4) is 5.75 Å². The van der Waals surface area contributed by atoms with E-state index in [1.54, 1.807) is 34.1 Å². The van der Waals surface area contributed by atoms with Gasteiger partial charge in [0.15, 0.2) is 0 Å². The number of halogens is 1. The lowest BCUT2D eigenvalue weighted by Crippen LogP contribution is -2.38. The summed E-state index contributed by atoms with van der Waals surface area (Å²) in [6.07, 6.45) is 1.28. The summed E-state index contributed by atoms with van der Waals surface area (Å²) in [4.78, 5) is 28.2. The van der Waals surface area contributed by atoms with Gasteiger partial charge in [0, 0.05) is 32.6 Å². The molecule has 0 N–H and O–H groups in total. The van der Waals surface area contributed by atoms with Crippen LogP contribution in [0, 0.1) is 5.82 Å². The minimum Gasteiger partial charge on any atom is -0.410 e. The molecule has 2 aromatic carbocycles. The number of hydrogen-bond acceptors (Lipinski definition) is 3. The summed E-state index contributed by atoms with van der Waals surface area (Å²) in [7, 11) is 0. The van der Waals surface area contributed by atoms with Gasteiger partial charge in [0.05, 0.1) is 0 Å². The van der Waals surface area contributed by atoms with E-state index in [0.717, 1.165) is 5.56 Å². The van der Waals surface area contributed by atoms with Gasteiger partial charge >= 0.3 is 6.09 Å². The predicted octanol–water partition coefficient (Wildman–Crippen LogP) is 3.49. The quantitative estimate of drug-likeness (QED) is 0.828. The van der Waals surface area contributed by atoms with E-state index in [-0.39, 0.29) is 17.8 Å². The van der Waals surface area contributed by atoms with E-state index >= 15 is 0 Å². The molecule has 0 spiro atoms. The van der Waals surface area contributed by atoms with Gasteiger partial charge in [-0.05, 0) is 42.7 Å². The topological polar surface area (TPSA) is 49.9 Å². The Morgan fingerprint density at radius 2 is 1.56 bits per heavy atom. The average Bonchev–Trinajstić information content (AvgIpc) is 2.94. The molecule has 0 bridgehead atoms. The number of para-hydroxylation sites is 1. The average molecular weight is 370 g/mol. The van der Waals surface area contributed by atoms with Gasteiger partial charge < -0.3 is 14.5 Å². The molecule has 1 aliphatic rings. The standard InChI is InChI=1S/C21H23FN2O3/c22-18-10-7-17(8-11-18)9-12-20(25)23-13-4-14-24(16-15-23)21(26)27-19-5-2-1-3-6-19/h1-3,5-8,10-11H,4,9,12-16H2. The fraction of sp³-hybridized carbons (Fsp3) is 0.333. The lowest BCUT2D eigenvalue weighted by Gasteiger charge is -2.22. The molecule has 27 heavy (non-hydrogen) atoms. The third-order valence-corrected chi connectivity index (χ3v) is 4.60. The molecule has 142 valence electrons. The van der Waals surface area contributed by atoms with Gasteiger partial charge in [-0.2, -0.15) is 0 Å². The highest BCUT2D eigenvalue weighted by molar-refractivity contribution is 5.77. The molecule has 2 amide bonds. The zero-order chi connectivity index (χ0) is 19.1. The second kappa shape index (κ2) is 9.16. The minimum atomic E-state index is -0.387. The van der Waals surface area contributed by atoms with Gasteiger partial charge in [-0.3, -0.25) is 4.79 Å². The van der Waals surface area contributed by atoms with Crippen LogP contribution in [0.5, 0.6) is 5.75 Å². The Morgan fingerprint density at radius 1 is 0.889 bits per heavy atom. The van der Waals surface area contributed by atoms with E-state index in [0.29, 0.717) is 51.2 Å².